The maximum atomic E-state index is 15.0. The summed E-state index contributed by atoms with van der Waals surface area (Å²) < 4.78 is 11.8. The van der Waals surface area contributed by atoms with Crippen LogP contribution in [0.15, 0.2) is 77.1 Å². The standard InChI is InChI=1S/C32H36O3/c1-9-35-27-18-26(23-12-16-25(34-8)17-13-23)29(33)32(24-14-10-19(2)11-15-24)28(27)30(6)20(3)21(4)31(32,7)22(30)5/h10-18,22H,9H2,1-8H3/t22?,30-,31+,32-/m1/s1. The Balaban J connectivity index is 1.90. The molecule has 0 saturated heterocycles. The summed E-state index contributed by atoms with van der Waals surface area (Å²) in [6.07, 6.45) is 2.00. The second kappa shape index (κ2) is 7.71. The van der Waals surface area contributed by atoms with E-state index >= 15 is 4.79 Å². The molecule has 3 aliphatic rings. The van der Waals surface area contributed by atoms with Gasteiger partial charge in [0.25, 0.3) is 0 Å². The molecule has 0 aliphatic heterocycles. The van der Waals surface area contributed by atoms with Crippen LogP contribution < -0.4 is 4.74 Å². The number of hydrogen-bond acceptors (Lipinski definition) is 3. The van der Waals surface area contributed by atoms with Gasteiger partial charge in [0.15, 0.2) is 5.78 Å². The van der Waals surface area contributed by atoms with Crippen LogP contribution in [0.3, 0.4) is 0 Å². The molecular formula is C32H36O3. The zero-order valence-corrected chi connectivity index (χ0v) is 22.2. The SMILES string of the molecule is CCOC1=C2[C@]3(C)C(C)=C(C)[C@@](C)(C3C)[C@@]2(c2ccc(C)cc2)C(=O)C(c2ccc(OC)cc2)=C1. The highest BCUT2D eigenvalue weighted by molar-refractivity contribution is 6.29. The molecule has 3 aliphatic carbocycles. The normalized spacial score (nSPS) is 31.6. The third-order valence-corrected chi connectivity index (χ3v) is 9.82. The van der Waals surface area contributed by atoms with Crippen molar-refractivity contribution in [3.8, 4) is 5.75 Å². The predicted octanol–water partition coefficient (Wildman–Crippen LogP) is 7.21. The van der Waals surface area contributed by atoms with E-state index in [1.807, 2.05) is 37.3 Å². The molecule has 1 fully saturated rings. The molecule has 0 spiro atoms. The Labute approximate surface area is 209 Å². The van der Waals surface area contributed by atoms with Gasteiger partial charge >= 0.3 is 0 Å². The minimum atomic E-state index is -0.826. The predicted molar refractivity (Wildman–Crippen MR) is 141 cm³/mol. The molecule has 1 unspecified atom stereocenters. The lowest BCUT2D eigenvalue weighted by atomic mass is 9.50. The highest BCUT2D eigenvalue weighted by atomic mass is 16.5. The number of ketones is 1. The quantitative estimate of drug-likeness (QED) is 0.435. The first kappa shape index (κ1) is 23.7. The molecule has 2 aromatic carbocycles. The van der Waals surface area contributed by atoms with Crippen LogP contribution in [-0.2, 0) is 14.9 Å². The Morgan fingerprint density at radius 2 is 1.54 bits per heavy atom. The zero-order chi connectivity index (χ0) is 25.3. The van der Waals surface area contributed by atoms with Crippen LogP contribution in [0.25, 0.3) is 5.57 Å². The van der Waals surface area contributed by atoms with Crippen LogP contribution in [0, 0.1) is 23.7 Å². The summed E-state index contributed by atoms with van der Waals surface area (Å²) >= 11 is 0. The second-order valence-electron chi connectivity index (χ2n) is 10.8. The number of hydrogen-bond donors (Lipinski definition) is 0. The summed E-state index contributed by atoms with van der Waals surface area (Å²) in [4.78, 5) is 15.0. The molecule has 3 heteroatoms. The molecule has 0 heterocycles. The topological polar surface area (TPSA) is 35.5 Å². The lowest BCUT2D eigenvalue weighted by Crippen LogP contribution is -2.52. The molecule has 2 bridgehead atoms. The van der Waals surface area contributed by atoms with E-state index in [1.54, 1.807) is 7.11 Å². The summed E-state index contributed by atoms with van der Waals surface area (Å²) in [5.74, 6) is 2.03. The monoisotopic (exact) mass is 468 g/mol. The van der Waals surface area contributed by atoms with E-state index in [0.717, 1.165) is 28.2 Å². The largest absolute Gasteiger partial charge is 0.497 e. The molecule has 4 atom stereocenters. The van der Waals surface area contributed by atoms with Crippen molar-refractivity contribution in [3.05, 3.63) is 93.8 Å². The molecule has 5 rings (SSSR count). The third-order valence-electron chi connectivity index (χ3n) is 9.82. The maximum Gasteiger partial charge on any atom is 0.179 e. The number of ether oxygens (including phenoxy) is 2. The van der Waals surface area contributed by atoms with Crippen molar-refractivity contribution in [2.45, 2.75) is 53.9 Å². The van der Waals surface area contributed by atoms with Crippen molar-refractivity contribution in [2.75, 3.05) is 13.7 Å². The number of fused-ring (bicyclic) bond motifs is 5. The van der Waals surface area contributed by atoms with Crippen LogP contribution >= 0.6 is 0 Å². The van der Waals surface area contributed by atoms with E-state index in [0.29, 0.717) is 12.2 Å². The first-order valence-corrected chi connectivity index (χ1v) is 12.6. The van der Waals surface area contributed by atoms with Gasteiger partial charge < -0.3 is 9.47 Å². The van der Waals surface area contributed by atoms with Crippen molar-refractivity contribution in [1.82, 2.24) is 0 Å². The molecule has 182 valence electrons. The molecule has 0 amide bonds. The van der Waals surface area contributed by atoms with Gasteiger partial charge in [-0.15, -0.1) is 0 Å². The first-order chi connectivity index (χ1) is 16.6. The fourth-order valence-electron chi connectivity index (χ4n) is 7.56. The average molecular weight is 469 g/mol. The zero-order valence-electron chi connectivity index (χ0n) is 22.2. The summed E-state index contributed by atoms with van der Waals surface area (Å²) in [7, 11) is 1.66. The Bertz CT molecular complexity index is 1310. The van der Waals surface area contributed by atoms with Gasteiger partial charge in [0.1, 0.15) is 11.5 Å². The van der Waals surface area contributed by atoms with E-state index < -0.39 is 5.41 Å². The van der Waals surface area contributed by atoms with Gasteiger partial charge in [-0.3, -0.25) is 4.79 Å². The van der Waals surface area contributed by atoms with Crippen molar-refractivity contribution < 1.29 is 14.3 Å². The molecule has 0 aromatic heterocycles. The highest BCUT2D eigenvalue weighted by Crippen LogP contribution is 2.79. The highest BCUT2D eigenvalue weighted by Gasteiger charge is 2.77. The second-order valence-corrected chi connectivity index (χ2v) is 10.8. The minimum Gasteiger partial charge on any atom is -0.497 e. The van der Waals surface area contributed by atoms with E-state index in [-0.39, 0.29) is 22.5 Å². The van der Waals surface area contributed by atoms with Gasteiger partial charge in [0.05, 0.1) is 19.1 Å². The van der Waals surface area contributed by atoms with Crippen molar-refractivity contribution in [3.63, 3.8) is 0 Å². The molecule has 3 nitrogen and oxygen atoms in total. The Hall–Kier alpha value is -3.07. The smallest absolute Gasteiger partial charge is 0.179 e. The molecule has 1 saturated carbocycles. The number of rotatable bonds is 5. The maximum absolute atomic E-state index is 15.0. The van der Waals surface area contributed by atoms with Gasteiger partial charge in [-0.25, -0.2) is 0 Å². The van der Waals surface area contributed by atoms with Crippen molar-refractivity contribution in [1.29, 1.82) is 0 Å². The molecule has 2 aromatic rings. The number of carbonyl (C=O) groups is 1. The average Bonchev–Trinajstić information content (AvgIpc) is 3.11. The van der Waals surface area contributed by atoms with Gasteiger partial charge in [-0.1, -0.05) is 73.9 Å². The lowest BCUT2D eigenvalue weighted by molar-refractivity contribution is -0.121. The van der Waals surface area contributed by atoms with Crippen LogP contribution in [0.2, 0.25) is 0 Å². The summed E-state index contributed by atoms with van der Waals surface area (Å²) in [6, 6.07) is 16.4. The summed E-state index contributed by atoms with van der Waals surface area (Å²) in [6.45, 7) is 16.1. The number of allylic oxidation sites excluding steroid dienone is 5. The number of Topliss-reactive ketones (excluding diaryl/α,β-unsaturated/α-hetero) is 1. The summed E-state index contributed by atoms with van der Waals surface area (Å²) in [5, 5.41) is 0. The molecule has 0 radical (unpaired) electrons. The fraction of sp³-hybridized carbons (Fsp3) is 0.406. The molecule has 35 heavy (non-hydrogen) atoms. The number of carbonyl (C=O) groups excluding carboxylic acids is 1. The van der Waals surface area contributed by atoms with E-state index in [2.05, 4.69) is 65.8 Å². The summed E-state index contributed by atoms with van der Waals surface area (Å²) in [5.41, 5.74) is 6.22. The van der Waals surface area contributed by atoms with Gasteiger partial charge in [-0.05, 0) is 62.9 Å². The Kier molecular flexibility index (Phi) is 5.22. The first-order valence-electron chi connectivity index (χ1n) is 12.6. The van der Waals surface area contributed by atoms with Gasteiger partial charge in [-0.2, -0.15) is 0 Å². The van der Waals surface area contributed by atoms with Crippen LogP contribution in [0.1, 0.15) is 58.2 Å². The van der Waals surface area contributed by atoms with Crippen LogP contribution in [-0.4, -0.2) is 19.5 Å². The Morgan fingerprint density at radius 3 is 2.11 bits per heavy atom. The van der Waals surface area contributed by atoms with Gasteiger partial charge in [0.2, 0.25) is 0 Å². The van der Waals surface area contributed by atoms with E-state index in [1.165, 1.54) is 16.7 Å². The number of methoxy groups -OCH3 is 1. The number of benzene rings is 2. The van der Waals surface area contributed by atoms with E-state index in [4.69, 9.17) is 9.47 Å². The minimum absolute atomic E-state index is 0.162. The van der Waals surface area contributed by atoms with E-state index in [9.17, 15) is 0 Å². The van der Waals surface area contributed by atoms with Crippen LogP contribution in [0.4, 0.5) is 0 Å². The van der Waals surface area contributed by atoms with Gasteiger partial charge in [0, 0.05) is 22.0 Å². The van der Waals surface area contributed by atoms with Crippen molar-refractivity contribution >= 4 is 11.4 Å². The third kappa shape index (κ3) is 2.64. The number of aryl methyl sites for hydroxylation is 1. The van der Waals surface area contributed by atoms with Crippen LogP contribution in [0.5, 0.6) is 5.75 Å². The Morgan fingerprint density at radius 1 is 0.914 bits per heavy atom. The fourth-order valence-corrected chi connectivity index (χ4v) is 7.56. The molecule has 0 N–H and O–H groups in total. The lowest BCUT2D eigenvalue weighted by Gasteiger charge is -2.50. The molecular weight excluding hydrogens is 432 g/mol. The van der Waals surface area contributed by atoms with Crippen molar-refractivity contribution in [2.24, 2.45) is 16.7 Å².